The predicted molar refractivity (Wildman–Crippen MR) is 87.6 cm³/mol. The number of phenols is 1. The number of carbonyl (C=O) groups is 1. The maximum atomic E-state index is 12.8. The second kappa shape index (κ2) is 7.27. The van der Waals surface area contributed by atoms with E-state index in [-0.39, 0.29) is 17.7 Å². The Morgan fingerprint density at radius 2 is 2.29 bits per heavy atom. The quantitative estimate of drug-likeness (QED) is 0.873. The summed E-state index contributed by atoms with van der Waals surface area (Å²) in [5, 5.41) is 13.3. The van der Waals surface area contributed by atoms with Gasteiger partial charge in [0.25, 0.3) is 5.91 Å². The van der Waals surface area contributed by atoms with E-state index >= 15 is 0 Å². The van der Waals surface area contributed by atoms with Crippen LogP contribution in [0, 0.1) is 5.92 Å². The van der Waals surface area contributed by atoms with Crippen molar-refractivity contribution in [1.82, 2.24) is 10.2 Å². The summed E-state index contributed by atoms with van der Waals surface area (Å²) in [6.07, 6.45) is 2.31. The SMILES string of the molecule is CC(C)N(CC1CCCNC1)C(=O)c1cc(Br)ccc1O. The summed E-state index contributed by atoms with van der Waals surface area (Å²) in [7, 11) is 0. The van der Waals surface area contributed by atoms with Gasteiger partial charge in [-0.25, -0.2) is 0 Å². The molecule has 1 saturated heterocycles. The first-order valence-corrected chi connectivity index (χ1v) is 8.28. The highest BCUT2D eigenvalue weighted by molar-refractivity contribution is 9.10. The van der Waals surface area contributed by atoms with Crippen LogP contribution in [0.4, 0.5) is 0 Å². The molecule has 21 heavy (non-hydrogen) atoms. The lowest BCUT2D eigenvalue weighted by Gasteiger charge is -2.33. The van der Waals surface area contributed by atoms with E-state index in [2.05, 4.69) is 21.2 Å². The van der Waals surface area contributed by atoms with Crippen molar-refractivity contribution in [2.75, 3.05) is 19.6 Å². The first-order chi connectivity index (χ1) is 9.99. The minimum Gasteiger partial charge on any atom is -0.507 e. The van der Waals surface area contributed by atoms with Gasteiger partial charge in [0, 0.05) is 17.1 Å². The Balaban J connectivity index is 2.16. The number of piperidine rings is 1. The molecule has 4 nitrogen and oxygen atoms in total. The van der Waals surface area contributed by atoms with Crippen LogP contribution in [0.2, 0.25) is 0 Å². The fourth-order valence-corrected chi connectivity index (χ4v) is 3.08. The van der Waals surface area contributed by atoms with Crippen molar-refractivity contribution in [1.29, 1.82) is 0 Å². The van der Waals surface area contributed by atoms with Crippen molar-refractivity contribution in [3.8, 4) is 5.75 Å². The van der Waals surface area contributed by atoms with E-state index in [1.165, 1.54) is 0 Å². The van der Waals surface area contributed by atoms with Crippen LogP contribution in [0.15, 0.2) is 22.7 Å². The molecule has 2 N–H and O–H groups in total. The molecule has 0 aliphatic carbocycles. The Bertz CT molecular complexity index is 499. The summed E-state index contributed by atoms with van der Waals surface area (Å²) in [4.78, 5) is 14.6. The van der Waals surface area contributed by atoms with Gasteiger partial charge in [-0.05, 0) is 63.9 Å². The third kappa shape index (κ3) is 4.20. The molecule has 0 saturated carbocycles. The topological polar surface area (TPSA) is 52.6 Å². The molecule has 0 spiro atoms. The fraction of sp³-hybridized carbons (Fsp3) is 0.562. The van der Waals surface area contributed by atoms with Crippen molar-refractivity contribution >= 4 is 21.8 Å². The number of rotatable bonds is 4. The van der Waals surface area contributed by atoms with Crippen LogP contribution in [0.25, 0.3) is 0 Å². The monoisotopic (exact) mass is 354 g/mol. The van der Waals surface area contributed by atoms with Gasteiger partial charge >= 0.3 is 0 Å². The van der Waals surface area contributed by atoms with Crippen LogP contribution in [0.5, 0.6) is 5.75 Å². The van der Waals surface area contributed by atoms with Crippen molar-refractivity contribution in [2.24, 2.45) is 5.92 Å². The van der Waals surface area contributed by atoms with E-state index in [0.29, 0.717) is 11.5 Å². The Kier molecular flexibility index (Phi) is 5.65. The number of phenolic OH excluding ortho intramolecular Hbond substituents is 1. The lowest BCUT2D eigenvalue weighted by atomic mass is 9.98. The van der Waals surface area contributed by atoms with E-state index in [1.54, 1.807) is 18.2 Å². The molecule has 1 unspecified atom stereocenters. The lowest BCUT2D eigenvalue weighted by Crippen LogP contribution is -2.44. The van der Waals surface area contributed by atoms with Crippen LogP contribution in [0.3, 0.4) is 0 Å². The summed E-state index contributed by atoms with van der Waals surface area (Å²) < 4.78 is 0.798. The highest BCUT2D eigenvalue weighted by atomic mass is 79.9. The predicted octanol–water partition coefficient (Wildman–Crippen LogP) is 3.00. The normalized spacial score (nSPS) is 18.8. The van der Waals surface area contributed by atoms with Crippen LogP contribution < -0.4 is 5.32 Å². The Hall–Kier alpha value is -1.07. The summed E-state index contributed by atoms with van der Waals surface area (Å²) in [6, 6.07) is 5.08. The number of benzene rings is 1. The van der Waals surface area contributed by atoms with Gasteiger partial charge in [0.05, 0.1) is 5.56 Å². The molecule has 1 aromatic carbocycles. The highest BCUT2D eigenvalue weighted by Crippen LogP contribution is 2.25. The fourth-order valence-electron chi connectivity index (χ4n) is 2.72. The van der Waals surface area contributed by atoms with Crippen molar-refractivity contribution in [2.45, 2.75) is 32.7 Å². The number of aromatic hydroxyl groups is 1. The standard InChI is InChI=1S/C16H23BrN2O2/c1-11(2)19(10-12-4-3-7-18-9-12)16(21)14-8-13(17)5-6-15(14)20/h5-6,8,11-12,18,20H,3-4,7,9-10H2,1-2H3. The number of nitrogens with one attached hydrogen (secondary N) is 1. The molecule has 1 fully saturated rings. The molecule has 5 heteroatoms. The summed E-state index contributed by atoms with van der Waals surface area (Å²) in [6.45, 7) is 6.79. The zero-order chi connectivity index (χ0) is 15.4. The molecule has 0 aromatic heterocycles. The molecule has 1 aliphatic rings. The molecule has 1 atom stereocenters. The summed E-state index contributed by atoms with van der Waals surface area (Å²) >= 11 is 3.36. The molecule has 1 heterocycles. The smallest absolute Gasteiger partial charge is 0.257 e. The Labute approximate surface area is 134 Å². The third-order valence-corrected chi connectivity index (χ3v) is 4.42. The maximum Gasteiger partial charge on any atom is 0.257 e. The Morgan fingerprint density at radius 3 is 2.90 bits per heavy atom. The lowest BCUT2D eigenvalue weighted by molar-refractivity contribution is 0.0658. The van der Waals surface area contributed by atoms with Gasteiger partial charge in [0.15, 0.2) is 0 Å². The molecule has 116 valence electrons. The van der Waals surface area contributed by atoms with Gasteiger partial charge < -0.3 is 15.3 Å². The number of carbonyl (C=O) groups excluding carboxylic acids is 1. The van der Waals surface area contributed by atoms with Gasteiger partial charge in [0.1, 0.15) is 5.75 Å². The van der Waals surface area contributed by atoms with E-state index in [4.69, 9.17) is 0 Å². The number of nitrogens with zero attached hydrogens (tertiary/aromatic N) is 1. The van der Waals surface area contributed by atoms with Crippen LogP contribution in [-0.4, -0.2) is 41.6 Å². The minimum absolute atomic E-state index is 0.0376. The number of hydrogen-bond acceptors (Lipinski definition) is 3. The van der Waals surface area contributed by atoms with Crippen LogP contribution in [-0.2, 0) is 0 Å². The van der Waals surface area contributed by atoms with Gasteiger partial charge in [-0.2, -0.15) is 0 Å². The second-order valence-electron chi connectivity index (χ2n) is 5.93. The second-order valence-corrected chi connectivity index (χ2v) is 6.84. The Morgan fingerprint density at radius 1 is 1.52 bits per heavy atom. The third-order valence-electron chi connectivity index (χ3n) is 3.93. The number of halogens is 1. The van der Waals surface area contributed by atoms with E-state index < -0.39 is 0 Å². The zero-order valence-electron chi connectivity index (χ0n) is 12.6. The maximum absolute atomic E-state index is 12.8. The highest BCUT2D eigenvalue weighted by Gasteiger charge is 2.25. The van der Waals surface area contributed by atoms with Crippen molar-refractivity contribution in [3.63, 3.8) is 0 Å². The number of amides is 1. The number of hydrogen-bond donors (Lipinski definition) is 2. The first-order valence-electron chi connectivity index (χ1n) is 7.49. The minimum atomic E-state index is -0.102. The van der Waals surface area contributed by atoms with Crippen molar-refractivity contribution < 1.29 is 9.90 Å². The average molecular weight is 355 g/mol. The van der Waals surface area contributed by atoms with Crippen molar-refractivity contribution in [3.05, 3.63) is 28.2 Å². The summed E-state index contributed by atoms with van der Waals surface area (Å²) in [5.41, 5.74) is 0.363. The molecule has 1 aliphatic heterocycles. The van der Waals surface area contributed by atoms with Gasteiger partial charge in [-0.3, -0.25) is 4.79 Å². The zero-order valence-corrected chi connectivity index (χ0v) is 14.2. The first kappa shape index (κ1) is 16.3. The largest absolute Gasteiger partial charge is 0.507 e. The molecule has 1 amide bonds. The molecule has 2 rings (SSSR count). The molecule has 1 aromatic rings. The molecule has 0 bridgehead atoms. The van der Waals surface area contributed by atoms with Crippen LogP contribution in [0.1, 0.15) is 37.0 Å². The average Bonchev–Trinajstić information content (AvgIpc) is 2.47. The molecular weight excluding hydrogens is 332 g/mol. The van der Waals surface area contributed by atoms with Gasteiger partial charge in [-0.1, -0.05) is 15.9 Å². The van der Waals surface area contributed by atoms with E-state index in [1.807, 2.05) is 18.7 Å². The van der Waals surface area contributed by atoms with Crippen LogP contribution >= 0.6 is 15.9 Å². The summed E-state index contributed by atoms with van der Waals surface area (Å²) in [5.74, 6) is 0.421. The molecular formula is C16H23BrN2O2. The van der Waals surface area contributed by atoms with E-state index in [0.717, 1.165) is 36.9 Å². The van der Waals surface area contributed by atoms with Gasteiger partial charge in [-0.15, -0.1) is 0 Å². The van der Waals surface area contributed by atoms with Gasteiger partial charge in [0.2, 0.25) is 0 Å². The van der Waals surface area contributed by atoms with E-state index in [9.17, 15) is 9.90 Å². The molecule has 0 radical (unpaired) electrons.